The number of carbonyl (C=O) groups is 1. The van der Waals surface area contributed by atoms with Crippen LogP contribution < -0.4 is 10.6 Å². The van der Waals surface area contributed by atoms with E-state index in [1.165, 1.54) is 0 Å². The molecule has 0 aromatic carbocycles. The molecule has 0 bridgehead atoms. The summed E-state index contributed by atoms with van der Waals surface area (Å²) >= 11 is 1.61. The van der Waals surface area contributed by atoms with Crippen molar-refractivity contribution in [3.63, 3.8) is 0 Å². The van der Waals surface area contributed by atoms with Gasteiger partial charge in [0.25, 0.3) is 0 Å². The molecule has 6 nitrogen and oxygen atoms in total. The Morgan fingerprint density at radius 2 is 2.05 bits per heavy atom. The molecule has 22 heavy (non-hydrogen) atoms. The molecule has 124 valence electrons. The van der Waals surface area contributed by atoms with Gasteiger partial charge < -0.3 is 15.5 Å². The zero-order valence-electron chi connectivity index (χ0n) is 14.0. The molecule has 0 unspecified atom stereocenters. The van der Waals surface area contributed by atoms with E-state index in [9.17, 15) is 4.79 Å². The summed E-state index contributed by atoms with van der Waals surface area (Å²) in [4.78, 5) is 23.7. The number of hydrogen-bond acceptors (Lipinski definition) is 4. The van der Waals surface area contributed by atoms with Crippen molar-refractivity contribution in [1.82, 2.24) is 20.5 Å². The van der Waals surface area contributed by atoms with E-state index in [1.54, 1.807) is 11.3 Å². The van der Waals surface area contributed by atoms with Crippen molar-refractivity contribution in [2.24, 2.45) is 4.99 Å². The molecule has 0 aliphatic heterocycles. The van der Waals surface area contributed by atoms with Gasteiger partial charge in [-0.15, -0.1) is 11.3 Å². The van der Waals surface area contributed by atoms with Gasteiger partial charge >= 0.3 is 0 Å². The van der Waals surface area contributed by atoms with Crippen LogP contribution in [-0.2, 0) is 11.3 Å². The first-order valence-electron chi connectivity index (χ1n) is 7.81. The van der Waals surface area contributed by atoms with E-state index in [1.807, 2.05) is 38.1 Å². The van der Waals surface area contributed by atoms with Crippen molar-refractivity contribution in [1.29, 1.82) is 0 Å². The highest BCUT2D eigenvalue weighted by Gasteiger charge is 2.09. The number of nitrogens with zero attached hydrogens (tertiary/aromatic N) is 3. The summed E-state index contributed by atoms with van der Waals surface area (Å²) in [5.74, 6) is 0.911. The topological polar surface area (TPSA) is 69.6 Å². The average molecular weight is 325 g/mol. The molecule has 1 amide bonds. The van der Waals surface area contributed by atoms with Gasteiger partial charge in [-0.1, -0.05) is 0 Å². The molecule has 0 aliphatic carbocycles. The van der Waals surface area contributed by atoms with Crippen molar-refractivity contribution < 1.29 is 4.79 Å². The van der Waals surface area contributed by atoms with Gasteiger partial charge in [-0.2, -0.15) is 0 Å². The van der Waals surface area contributed by atoms with Crippen molar-refractivity contribution in [2.75, 3.05) is 26.2 Å². The van der Waals surface area contributed by atoms with Gasteiger partial charge in [0.15, 0.2) is 5.96 Å². The summed E-state index contributed by atoms with van der Waals surface area (Å²) in [6.07, 6.45) is 0.478. The Morgan fingerprint density at radius 1 is 1.32 bits per heavy atom. The molecule has 0 saturated carbocycles. The molecule has 2 N–H and O–H groups in total. The molecular weight excluding hydrogens is 298 g/mol. The third kappa shape index (κ3) is 6.01. The molecule has 1 rings (SSSR count). The first kappa shape index (κ1) is 18.4. The number of nitrogens with one attached hydrogen (secondary N) is 2. The molecule has 0 fully saturated rings. The van der Waals surface area contributed by atoms with E-state index in [0.29, 0.717) is 19.5 Å². The number of hydrogen-bond donors (Lipinski definition) is 2. The van der Waals surface area contributed by atoms with Crippen LogP contribution in [0.2, 0.25) is 0 Å². The second kappa shape index (κ2) is 10.2. The Balaban J connectivity index is 2.47. The number of amides is 1. The summed E-state index contributed by atoms with van der Waals surface area (Å²) in [5.41, 5.74) is 2.87. The van der Waals surface area contributed by atoms with E-state index in [4.69, 9.17) is 0 Å². The van der Waals surface area contributed by atoms with E-state index >= 15 is 0 Å². The highest BCUT2D eigenvalue weighted by Crippen LogP contribution is 2.12. The molecule has 1 heterocycles. The minimum Gasteiger partial charge on any atom is -0.357 e. The number of aromatic nitrogens is 1. The smallest absolute Gasteiger partial charge is 0.224 e. The van der Waals surface area contributed by atoms with Crippen LogP contribution in [0, 0.1) is 6.92 Å². The van der Waals surface area contributed by atoms with Crippen LogP contribution in [0.1, 0.15) is 37.8 Å². The third-order valence-electron chi connectivity index (χ3n) is 3.32. The van der Waals surface area contributed by atoms with E-state index in [2.05, 4.69) is 20.6 Å². The van der Waals surface area contributed by atoms with E-state index in [-0.39, 0.29) is 5.91 Å². The fourth-order valence-electron chi connectivity index (χ4n) is 1.99. The Hall–Kier alpha value is -1.63. The molecule has 7 heteroatoms. The van der Waals surface area contributed by atoms with Gasteiger partial charge in [0.2, 0.25) is 5.91 Å². The molecule has 1 aromatic heterocycles. The number of thiazole rings is 1. The summed E-state index contributed by atoms with van der Waals surface area (Å²) in [6.45, 7) is 11.5. The average Bonchev–Trinajstić information content (AvgIpc) is 2.91. The molecule has 0 atom stereocenters. The fourth-order valence-corrected chi connectivity index (χ4v) is 2.69. The maximum Gasteiger partial charge on any atom is 0.224 e. The number of rotatable bonds is 8. The second-order valence-corrected chi connectivity index (χ2v) is 5.74. The summed E-state index contributed by atoms with van der Waals surface area (Å²) < 4.78 is 0. The van der Waals surface area contributed by atoms with Gasteiger partial charge in [0.05, 0.1) is 17.7 Å². The third-order valence-corrected chi connectivity index (χ3v) is 4.24. The minimum atomic E-state index is 0.173. The number of aliphatic imine (C=N–C) groups is 1. The minimum absolute atomic E-state index is 0.173. The number of carbonyl (C=O) groups excluding carboxylic acids is 1. The summed E-state index contributed by atoms with van der Waals surface area (Å²) in [7, 11) is 0. The number of aryl methyl sites for hydroxylation is 1. The highest BCUT2D eigenvalue weighted by molar-refractivity contribution is 7.09. The standard InChI is InChI=1S/C15H27N5OS/c1-5-16-15(18-10-13-12(4)19-11-22-13)17-9-8-14(21)20(6-2)7-3/h11H,5-10H2,1-4H3,(H2,16,17,18). The van der Waals surface area contributed by atoms with Crippen LogP contribution in [0.15, 0.2) is 10.5 Å². The molecule has 0 spiro atoms. The Labute approximate surface area is 137 Å². The SMILES string of the molecule is CCNC(=NCc1scnc1C)NCCC(=O)N(CC)CC. The lowest BCUT2D eigenvalue weighted by Crippen LogP contribution is -2.40. The molecule has 0 aliphatic rings. The lowest BCUT2D eigenvalue weighted by Gasteiger charge is -2.19. The van der Waals surface area contributed by atoms with Crippen LogP contribution in [0.3, 0.4) is 0 Å². The Bertz CT molecular complexity index is 482. The Kier molecular flexibility index (Phi) is 8.50. The maximum atomic E-state index is 12.0. The lowest BCUT2D eigenvalue weighted by atomic mass is 10.3. The monoisotopic (exact) mass is 325 g/mol. The van der Waals surface area contributed by atoms with E-state index in [0.717, 1.165) is 36.2 Å². The second-order valence-electron chi connectivity index (χ2n) is 4.80. The quantitative estimate of drug-likeness (QED) is 0.564. The first-order chi connectivity index (χ1) is 10.6. The van der Waals surface area contributed by atoms with Crippen molar-refractivity contribution >= 4 is 23.2 Å². The van der Waals surface area contributed by atoms with Crippen LogP contribution in [0.4, 0.5) is 0 Å². The largest absolute Gasteiger partial charge is 0.357 e. The normalized spacial score (nSPS) is 11.4. The molecule has 1 aromatic rings. The van der Waals surface area contributed by atoms with Crippen LogP contribution in [-0.4, -0.2) is 47.9 Å². The van der Waals surface area contributed by atoms with Gasteiger partial charge in [-0.05, 0) is 27.7 Å². The van der Waals surface area contributed by atoms with Gasteiger partial charge in [-0.3, -0.25) is 4.79 Å². The fraction of sp³-hybridized carbons (Fsp3) is 0.667. The predicted molar refractivity (Wildman–Crippen MR) is 92.2 cm³/mol. The zero-order chi connectivity index (χ0) is 16.4. The Morgan fingerprint density at radius 3 is 2.59 bits per heavy atom. The summed E-state index contributed by atoms with van der Waals surface area (Å²) in [5, 5.41) is 6.41. The van der Waals surface area contributed by atoms with Crippen molar-refractivity contribution in [2.45, 2.75) is 40.7 Å². The maximum absolute atomic E-state index is 12.0. The lowest BCUT2D eigenvalue weighted by molar-refractivity contribution is -0.130. The van der Waals surface area contributed by atoms with E-state index < -0.39 is 0 Å². The molecular formula is C15H27N5OS. The van der Waals surface area contributed by atoms with Crippen LogP contribution >= 0.6 is 11.3 Å². The van der Waals surface area contributed by atoms with Crippen LogP contribution in [0.5, 0.6) is 0 Å². The predicted octanol–water partition coefficient (Wildman–Crippen LogP) is 1.77. The zero-order valence-corrected chi connectivity index (χ0v) is 14.8. The highest BCUT2D eigenvalue weighted by atomic mass is 32.1. The van der Waals surface area contributed by atoms with Crippen molar-refractivity contribution in [3.05, 3.63) is 16.1 Å². The number of guanidine groups is 1. The van der Waals surface area contributed by atoms with Gasteiger partial charge in [0, 0.05) is 37.5 Å². The molecule has 0 radical (unpaired) electrons. The van der Waals surface area contributed by atoms with Gasteiger partial charge in [-0.25, -0.2) is 9.98 Å². The molecule has 0 saturated heterocycles. The van der Waals surface area contributed by atoms with Crippen LogP contribution in [0.25, 0.3) is 0 Å². The van der Waals surface area contributed by atoms with Crippen molar-refractivity contribution in [3.8, 4) is 0 Å². The first-order valence-corrected chi connectivity index (χ1v) is 8.69. The van der Waals surface area contributed by atoms with Gasteiger partial charge in [0.1, 0.15) is 0 Å². The summed E-state index contributed by atoms with van der Waals surface area (Å²) in [6, 6.07) is 0.